The first-order valence-corrected chi connectivity index (χ1v) is 7.20. The first-order chi connectivity index (χ1) is 9.36. The van der Waals surface area contributed by atoms with Gasteiger partial charge in [0.25, 0.3) is 0 Å². The van der Waals surface area contributed by atoms with E-state index < -0.39 is 6.10 Å². The fourth-order valence-electron chi connectivity index (χ4n) is 2.27. The number of aliphatic hydroxyl groups is 1. The molecule has 0 heterocycles. The lowest BCUT2D eigenvalue weighted by atomic mass is 9.86. The second kappa shape index (κ2) is 5.80. The number of rotatable bonds is 3. The van der Waals surface area contributed by atoms with Crippen LogP contribution in [-0.4, -0.2) is 5.11 Å². The number of aliphatic hydroxyl groups excluding tert-OH is 1. The molecule has 2 aromatic rings. The summed E-state index contributed by atoms with van der Waals surface area (Å²) in [4.78, 5) is 0. The van der Waals surface area contributed by atoms with E-state index in [0.29, 0.717) is 6.42 Å². The molecule has 1 heteroatoms. The van der Waals surface area contributed by atoms with Crippen LogP contribution in [0.3, 0.4) is 0 Å². The van der Waals surface area contributed by atoms with Crippen molar-refractivity contribution in [3.05, 3.63) is 70.8 Å². The van der Waals surface area contributed by atoms with Crippen LogP contribution in [0.2, 0.25) is 0 Å². The number of aryl methyl sites for hydroxylation is 1. The Bertz CT molecular complexity index is 544. The van der Waals surface area contributed by atoms with Crippen LogP contribution in [0.25, 0.3) is 0 Å². The Kier molecular flexibility index (Phi) is 4.29. The van der Waals surface area contributed by atoms with Crippen LogP contribution >= 0.6 is 0 Å². The molecule has 0 saturated carbocycles. The summed E-state index contributed by atoms with van der Waals surface area (Å²) in [5.41, 5.74) is 4.85. The zero-order chi connectivity index (χ0) is 14.8. The van der Waals surface area contributed by atoms with E-state index in [0.717, 1.165) is 5.56 Å². The van der Waals surface area contributed by atoms with Gasteiger partial charge in [0.15, 0.2) is 0 Å². The molecule has 0 bridgehead atoms. The number of hydrogen-bond donors (Lipinski definition) is 1. The van der Waals surface area contributed by atoms with Gasteiger partial charge in [-0.05, 0) is 29.0 Å². The highest BCUT2D eigenvalue weighted by molar-refractivity contribution is 5.30. The largest absolute Gasteiger partial charge is 0.388 e. The predicted molar refractivity (Wildman–Crippen MR) is 85.0 cm³/mol. The second-order valence-corrected chi connectivity index (χ2v) is 6.58. The van der Waals surface area contributed by atoms with Gasteiger partial charge in [-0.25, -0.2) is 0 Å². The molecule has 0 spiro atoms. The molecular formula is C19H24O. The van der Waals surface area contributed by atoms with Gasteiger partial charge in [0.2, 0.25) is 0 Å². The normalized spacial score (nSPS) is 13.2. The van der Waals surface area contributed by atoms with Crippen LogP contribution in [0, 0.1) is 6.92 Å². The minimum Gasteiger partial charge on any atom is -0.388 e. The summed E-state index contributed by atoms with van der Waals surface area (Å²) in [7, 11) is 0. The van der Waals surface area contributed by atoms with Gasteiger partial charge < -0.3 is 5.11 Å². The van der Waals surface area contributed by atoms with E-state index in [1.54, 1.807) is 0 Å². The molecule has 0 aromatic heterocycles. The second-order valence-electron chi connectivity index (χ2n) is 6.58. The SMILES string of the molecule is Cc1ccc(CC(O)c2ccc(C(C)(C)C)cc2)cc1. The Morgan fingerprint density at radius 3 is 1.95 bits per heavy atom. The summed E-state index contributed by atoms with van der Waals surface area (Å²) in [5, 5.41) is 10.3. The van der Waals surface area contributed by atoms with Crippen molar-refractivity contribution in [2.75, 3.05) is 0 Å². The van der Waals surface area contributed by atoms with Crippen molar-refractivity contribution in [2.24, 2.45) is 0 Å². The van der Waals surface area contributed by atoms with E-state index in [4.69, 9.17) is 0 Å². The molecule has 0 radical (unpaired) electrons. The third-order valence-corrected chi connectivity index (χ3v) is 3.71. The lowest BCUT2D eigenvalue weighted by Crippen LogP contribution is -2.11. The summed E-state index contributed by atoms with van der Waals surface area (Å²) in [6.07, 6.45) is 0.224. The van der Waals surface area contributed by atoms with Gasteiger partial charge >= 0.3 is 0 Å². The van der Waals surface area contributed by atoms with E-state index in [2.05, 4.69) is 64.1 Å². The minimum absolute atomic E-state index is 0.153. The molecule has 0 aliphatic rings. The summed E-state index contributed by atoms with van der Waals surface area (Å²) < 4.78 is 0. The molecule has 1 nitrogen and oxygen atoms in total. The zero-order valence-corrected chi connectivity index (χ0v) is 12.9. The fourth-order valence-corrected chi connectivity index (χ4v) is 2.27. The van der Waals surface area contributed by atoms with E-state index in [9.17, 15) is 5.11 Å². The van der Waals surface area contributed by atoms with Crippen molar-refractivity contribution in [1.29, 1.82) is 0 Å². The highest BCUT2D eigenvalue weighted by Crippen LogP contribution is 2.25. The van der Waals surface area contributed by atoms with Gasteiger partial charge in [0.05, 0.1) is 6.10 Å². The molecule has 1 N–H and O–H groups in total. The Balaban J connectivity index is 2.09. The van der Waals surface area contributed by atoms with Crippen LogP contribution in [0.15, 0.2) is 48.5 Å². The van der Waals surface area contributed by atoms with E-state index in [1.807, 2.05) is 12.1 Å². The fraction of sp³-hybridized carbons (Fsp3) is 0.368. The molecule has 2 rings (SSSR count). The summed E-state index contributed by atoms with van der Waals surface area (Å²) in [6.45, 7) is 8.67. The lowest BCUT2D eigenvalue weighted by molar-refractivity contribution is 0.178. The molecule has 0 saturated heterocycles. The summed E-state index contributed by atoms with van der Waals surface area (Å²) in [6, 6.07) is 16.7. The van der Waals surface area contributed by atoms with E-state index in [1.165, 1.54) is 16.7 Å². The van der Waals surface area contributed by atoms with Crippen molar-refractivity contribution < 1.29 is 5.11 Å². The van der Waals surface area contributed by atoms with Crippen molar-refractivity contribution >= 4 is 0 Å². The van der Waals surface area contributed by atoms with Crippen LogP contribution in [0.4, 0.5) is 0 Å². The Labute approximate surface area is 122 Å². The minimum atomic E-state index is -0.438. The van der Waals surface area contributed by atoms with Gasteiger partial charge in [-0.1, -0.05) is 74.9 Å². The molecule has 1 atom stereocenters. The average molecular weight is 268 g/mol. The molecule has 0 aliphatic carbocycles. The first-order valence-electron chi connectivity index (χ1n) is 7.20. The maximum Gasteiger partial charge on any atom is 0.0830 e. The van der Waals surface area contributed by atoms with Gasteiger partial charge in [-0.15, -0.1) is 0 Å². The van der Waals surface area contributed by atoms with Crippen LogP contribution in [0.1, 0.15) is 49.1 Å². The quantitative estimate of drug-likeness (QED) is 0.864. The summed E-state index contributed by atoms with van der Waals surface area (Å²) >= 11 is 0. The van der Waals surface area contributed by atoms with Gasteiger partial charge in [-0.2, -0.15) is 0 Å². The van der Waals surface area contributed by atoms with E-state index in [-0.39, 0.29) is 5.41 Å². The Hall–Kier alpha value is -1.60. The van der Waals surface area contributed by atoms with Crippen LogP contribution < -0.4 is 0 Å². The molecule has 2 aromatic carbocycles. The monoisotopic (exact) mass is 268 g/mol. The Morgan fingerprint density at radius 1 is 0.900 bits per heavy atom. The highest BCUT2D eigenvalue weighted by Gasteiger charge is 2.14. The molecule has 0 fully saturated rings. The van der Waals surface area contributed by atoms with Crippen molar-refractivity contribution in [2.45, 2.75) is 45.6 Å². The smallest absolute Gasteiger partial charge is 0.0830 e. The molecular weight excluding hydrogens is 244 g/mol. The number of benzene rings is 2. The van der Waals surface area contributed by atoms with Crippen molar-refractivity contribution in [3.8, 4) is 0 Å². The third-order valence-electron chi connectivity index (χ3n) is 3.71. The third kappa shape index (κ3) is 3.71. The average Bonchev–Trinajstić information content (AvgIpc) is 2.40. The maximum absolute atomic E-state index is 10.3. The van der Waals surface area contributed by atoms with Gasteiger partial charge in [-0.3, -0.25) is 0 Å². The topological polar surface area (TPSA) is 20.2 Å². The maximum atomic E-state index is 10.3. The van der Waals surface area contributed by atoms with Crippen LogP contribution in [-0.2, 0) is 11.8 Å². The van der Waals surface area contributed by atoms with Gasteiger partial charge in [0, 0.05) is 6.42 Å². The number of hydrogen-bond acceptors (Lipinski definition) is 1. The zero-order valence-electron chi connectivity index (χ0n) is 12.9. The van der Waals surface area contributed by atoms with Crippen molar-refractivity contribution in [1.82, 2.24) is 0 Å². The standard InChI is InChI=1S/C19H24O/c1-14-5-7-15(8-6-14)13-18(20)16-9-11-17(12-10-16)19(2,3)4/h5-12,18,20H,13H2,1-4H3. The molecule has 0 aliphatic heterocycles. The molecule has 1 unspecified atom stereocenters. The van der Waals surface area contributed by atoms with Gasteiger partial charge in [0.1, 0.15) is 0 Å². The van der Waals surface area contributed by atoms with Crippen LogP contribution in [0.5, 0.6) is 0 Å². The van der Waals surface area contributed by atoms with E-state index >= 15 is 0 Å². The summed E-state index contributed by atoms with van der Waals surface area (Å²) in [5.74, 6) is 0. The molecule has 20 heavy (non-hydrogen) atoms. The molecule has 106 valence electrons. The Morgan fingerprint density at radius 2 is 1.45 bits per heavy atom. The molecule has 0 amide bonds. The first kappa shape index (κ1) is 14.8. The van der Waals surface area contributed by atoms with Crippen molar-refractivity contribution in [3.63, 3.8) is 0 Å². The predicted octanol–water partition coefficient (Wildman–Crippen LogP) is 4.57. The lowest BCUT2D eigenvalue weighted by Gasteiger charge is -2.20. The highest BCUT2D eigenvalue weighted by atomic mass is 16.3.